The maximum Gasteiger partial charge on any atom is 0.315 e. The summed E-state index contributed by atoms with van der Waals surface area (Å²) in [5.41, 5.74) is 1.23. The van der Waals surface area contributed by atoms with Crippen LogP contribution in [0.2, 0.25) is 0 Å². The van der Waals surface area contributed by atoms with Crippen molar-refractivity contribution in [2.45, 2.75) is 44.8 Å². The van der Waals surface area contributed by atoms with E-state index >= 15 is 0 Å². The van der Waals surface area contributed by atoms with Crippen molar-refractivity contribution in [2.75, 3.05) is 20.3 Å². The number of aliphatic hydroxyl groups is 1. The average Bonchev–Trinajstić information content (AvgIpc) is 2.46. The van der Waals surface area contributed by atoms with Gasteiger partial charge in [0.1, 0.15) is 0 Å². The Hall–Kier alpha value is -1.59. The first-order chi connectivity index (χ1) is 10.3. The van der Waals surface area contributed by atoms with Crippen molar-refractivity contribution in [3.8, 4) is 0 Å². The minimum Gasteiger partial charge on any atom is -0.389 e. The van der Waals surface area contributed by atoms with E-state index in [0.717, 1.165) is 6.42 Å². The number of nitrogens with one attached hydrogen (secondary N) is 2. The molecular formula is C17H28N2O3. The predicted molar refractivity (Wildman–Crippen MR) is 88.0 cm³/mol. The molecule has 2 unspecified atom stereocenters. The summed E-state index contributed by atoms with van der Waals surface area (Å²) in [5, 5.41) is 15.0. The lowest BCUT2D eigenvalue weighted by Gasteiger charge is -2.29. The van der Waals surface area contributed by atoms with Gasteiger partial charge in [-0.05, 0) is 24.3 Å². The normalized spacial score (nSPS) is 14.2. The van der Waals surface area contributed by atoms with Crippen molar-refractivity contribution in [1.82, 2.24) is 10.6 Å². The summed E-state index contributed by atoms with van der Waals surface area (Å²) >= 11 is 0. The maximum atomic E-state index is 11.8. The Balaban J connectivity index is 2.42. The summed E-state index contributed by atoms with van der Waals surface area (Å²) < 4.78 is 4.81. The zero-order valence-corrected chi connectivity index (χ0v) is 13.9. The fraction of sp³-hybridized carbons (Fsp3) is 0.588. The smallest absolute Gasteiger partial charge is 0.315 e. The summed E-state index contributed by atoms with van der Waals surface area (Å²) in [6.07, 6.45) is 0.136. The van der Waals surface area contributed by atoms with Crippen molar-refractivity contribution >= 4 is 6.03 Å². The van der Waals surface area contributed by atoms with E-state index in [9.17, 15) is 9.90 Å². The molecule has 0 fully saturated rings. The number of hydrogen-bond acceptors (Lipinski definition) is 3. The van der Waals surface area contributed by atoms with Gasteiger partial charge in [-0.25, -0.2) is 4.79 Å². The first-order valence-corrected chi connectivity index (χ1v) is 7.62. The van der Waals surface area contributed by atoms with Crippen molar-refractivity contribution < 1.29 is 14.6 Å². The Morgan fingerprint density at radius 1 is 1.32 bits per heavy atom. The average molecular weight is 308 g/mol. The van der Waals surface area contributed by atoms with Gasteiger partial charge in [-0.15, -0.1) is 0 Å². The summed E-state index contributed by atoms with van der Waals surface area (Å²) in [4.78, 5) is 11.8. The Morgan fingerprint density at radius 3 is 2.55 bits per heavy atom. The molecule has 1 aromatic carbocycles. The second-order valence-corrected chi connectivity index (χ2v) is 6.32. The Labute approximate surface area is 133 Å². The van der Waals surface area contributed by atoms with Crippen LogP contribution in [0.5, 0.6) is 0 Å². The van der Waals surface area contributed by atoms with Crippen LogP contribution in [0.4, 0.5) is 4.79 Å². The molecule has 1 rings (SSSR count). The molecule has 5 nitrogen and oxygen atoms in total. The third-order valence-corrected chi connectivity index (χ3v) is 3.61. The number of benzene rings is 1. The van der Waals surface area contributed by atoms with E-state index in [2.05, 4.69) is 36.6 Å². The van der Waals surface area contributed by atoms with E-state index in [4.69, 9.17) is 4.74 Å². The minimum atomic E-state index is -0.688. The van der Waals surface area contributed by atoms with Crippen LogP contribution in [0.3, 0.4) is 0 Å². The lowest BCUT2D eigenvalue weighted by Crippen LogP contribution is -2.45. The van der Waals surface area contributed by atoms with Gasteiger partial charge in [0, 0.05) is 19.7 Å². The van der Waals surface area contributed by atoms with Gasteiger partial charge in [0.05, 0.1) is 12.7 Å². The minimum absolute atomic E-state index is 0.0229. The molecule has 2 amide bonds. The summed E-state index contributed by atoms with van der Waals surface area (Å²) in [6.45, 7) is 6.70. The van der Waals surface area contributed by atoms with Gasteiger partial charge in [0.25, 0.3) is 0 Å². The molecule has 124 valence electrons. The molecule has 0 spiro atoms. The zero-order valence-electron chi connectivity index (χ0n) is 13.9. The standard InChI is InChI=1S/C17H28N2O3/c1-13(19-16(21)18-11-15(20)12-22-4)10-17(2,3)14-8-6-5-7-9-14/h5-9,13,15,20H,10-12H2,1-4H3,(H2,18,19,21). The third kappa shape index (κ3) is 6.45. The second-order valence-electron chi connectivity index (χ2n) is 6.32. The highest BCUT2D eigenvalue weighted by molar-refractivity contribution is 5.74. The fourth-order valence-electron chi connectivity index (χ4n) is 2.56. The number of carbonyl (C=O) groups is 1. The Kier molecular flexibility index (Phi) is 7.35. The highest BCUT2D eigenvalue weighted by Crippen LogP contribution is 2.27. The fourth-order valence-corrected chi connectivity index (χ4v) is 2.56. The van der Waals surface area contributed by atoms with Crippen LogP contribution in [-0.2, 0) is 10.2 Å². The second kappa shape index (κ2) is 8.76. The predicted octanol–water partition coefficient (Wildman–Crippen LogP) is 2.05. The van der Waals surface area contributed by atoms with Crippen molar-refractivity contribution in [3.63, 3.8) is 0 Å². The van der Waals surface area contributed by atoms with Gasteiger partial charge in [-0.1, -0.05) is 44.2 Å². The van der Waals surface area contributed by atoms with E-state index in [0.29, 0.717) is 0 Å². The Morgan fingerprint density at radius 2 is 1.95 bits per heavy atom. The lowest BCUT2D eigenvalue weighted by atomic mass is 9.79. The maximum absolute atomic E-state index is 11.8. The topological polar surface area (TPSA) is 70.6 Å². The third-order valence-electron chi connectivity index (χ3n) is 3.61. The van der Waals surface area contributed by atoms with Crippen molar-refractivity contribution in [3.05, 3.63) is 35.9 Å². The van der Waals surface area contributed by atoms with Crippen LogP contribution in [0.15, 0.2) is 30.3 Å². The van der Waals surface area contributed by atoms with E-state index in [-0.39, 0.29) is 30.6 Å². The van der Waals surface area contributed by atoms with Crippen LogP contribution in [-0.4, -0.2) is 43.5 Å². The molecule has 0 saturated carbocycles. The number of amides is 2. The van der Waals surface area contributed by atoms with E-state index < -0.39 is 6.10 Å². The molecule has 22 heavy (non-hydrogen) atoms. The zero-order chi connectivity index (χ0) is 16.6. The highest BCUT2D eigenvalue weighted by Gasteiger charge is 2.24. The van der Waals surface area contributed by atoms with E-state index in [1.54, 1.807) is 0 Å². The quantitative estimate of drug-likeness (QED) is 0.688. The van der Waals surface area contributed by atoms with Crippen LogP contribution >= 0.6 is 0 Å². The molecule has 0 aliphatic heterocycles. The number of rotatable bonds is 8. The number of ether oxygens (including phenoxy) is 1. The number of urea groups is 1. The molecule has 0 saturated heterocycles. The molecule has 5 heteroatoms. The Bertz CT molecular complexity index is 448. The van der Waals surface area contributed by atoms with Gasteiger partial charge < -0.3 is 20.5 Å². The molecule has 0 aliphatic carbocycles. The molecule has 0 aromatic heterocycles. The molecule has 1 aromatic rings. The monoisotopic (exact) mass is 308 g/mol. The van der Waals surface area contributed by atoms with Crippen molar-refractivity contribution in [2.24, 2.45) is 0 Å². The van der Waals surface area contributed by atoms with Gasteiger partial charge in [-0.3, -0.25) is 0 Å². The lowest BCUT2D eigenvalue weighted by molar-refractivity contribution is 0.0659. The number of methoxy groups -OCH3 is 1. The molecule has 0 radical (unpaired) electrons. The molecule has 0 aliphatic rings. The van der Waals surface area contributed by atoms with Crippen LogP contribution in [0, 0.1) is 0 Å². The van der Waals surface area contributed by atoms with Crippen LogP contribution in [0.25, 0.3) is 0 Å². The number of hydrogen-bond donors (Lipinski definition) is 3. The molecule has 0 heterocycles. The molecule has 2 atom stereocenters. The number of carbonyl (C=O) groups excluding carboxylic acids is 1. The van der Waals surface area contributed by atoms with E-state index in [1.807, 2.05) is 25.1 Å². The molecule has 3 N–H and O–H groups in total. The molecular weight excluding hydrogens is 280 g/mol. The van der Waals surface area contributed by atoms with Gasteiger partial charge >= 0.3 is 6.03 Å². The summed E-state index contributed by atoms with van der Waals surface area (Å²) in [6, 6.07) is 10.0. The molecule has 0 bridgehead atoms. The van der Waals surface area contributed by atoms with Gasteiger partial charge in [0.15, 0.2) is 0 Å². The number of aliphatic hydroxyl groups excluding tert-OH is 1. The van der Waals surface area contributed by atoms with Crippen molar-refractivity contribution in [1.29, 1.82) is 0 Å². The van der Waals surface area contributed by atoms with Gasteiger partial charge in [-0.2, -0.15) is 0 Å². The van der Waals surface area contributed by atoms with E-state index in [1.165, 1.54) is 12.7 Å². The first kappa shape index (κ1) is 18.5. The first-order valence-electron chi connectivity index (χ1n) is 7.62. The van der Waals surface area contributed by atoms with Crippen LogP contribution in [0.1, 0.15) is 32.8 Å². The summed E-state index contributed by atoms with van der Waals surface area (Å²) in [5.74, 6) is 0. The highest BCUT2D eigenvalue weighted by atomic mass is 16.5. The largest absolute Gasteiger partial charge is 0.389 e. The van der Waals surface area contributed by atoms with Gasteiger partial charge in [0.2, 0.25) is 0 Å². The summed E-state index contributed by atoms with van der Waals surface area (Å²) in [7, 11) is 1.51. The van der Waals surface area contributed by atoms with Crippen LogP contribution < -0.4 is 10.6 Å². The SMILES string of the molecule is COCC(O)CNC(=O)NC(C)CC(C)(C)c1ccccc1.